The van der Waals surface area contributed by atoms with Crippen LogP contribution in [0.4, 0.5) is 11.5 Å². The van der Waals surface area contributed by atoms with Gasteiger partial charge in [0.05, 0.1) is 30.9 Å². The number of hydrogen-bond acceptors (Lipinski definition) is 4. The van der Waals surface area contributed by atoms with Crippen molar-refractivity contribution in [2.24, 2.45) is 7.05 Å². The summed E-state index contributed by atoms with van der Waals surface area (Å²) >= 11 is 1.93. The number of fused-ring (bicyclic) bond motifs is 1. The van der Waals surface area contributed by atoms with Crippen molar-refractivity contribution in [2.75, 3.05) is 49.6 Å². The van der Waals surface area contributed by atoms with Crippen molar-refractivity contribution >= 4 is 40.2 Å². The van der Waals surface area contributed by atoms with Crippen LogP contribution in [-0.2, 0) is 13.5 Å². The molecule has 0 aliphatic carbocycles. The van der Waals surface area contributed by atoms with E-state index in [1.165, 1.54) is 56.3 Å². The summed E-state index contributed by atoms with van der Waals surface area (Å²) in [7, 11) is 4.43. The normalized spacial score (nSPS) is 20.0. The molecule has 4 heterocycles. The van der Waals surface area contributed by atoms with Crippen LogP contribution in [0, 0.1) is 0 Å². The van der Waals surface area contributed by atoms with E-state index in [-0.39, 0.29) is 0 Å². The van der Waals surface area contributed by atoms with Gasteiger partial charge in [-0.2, -0.15) is 0 Å². The Morgan fingerprint density at radius 3 is 2.68 bits per heavy atom. The highest BCUT2D eigenvalue weighted by atomic mass is 32.2. The number of thioether (sulfide) groups is 1. The van der Waals surface area contributed by atoms with E-state index in [4.69, 9.17) is 0 Å². The molecule has 0 bridgehead atoms. The molecule has 0 N–H and O–H groups in total. The van der Waals surface area contributed by atoms with Crippen LogP contribution in [0.15, 0.2) is 58.5 Å². The van der Waals surface area contributed by atoms with Gasteiger partial charge in [0.25, 0.3) is 5.82 Å². The Labute approximate surface area is 188 Å². The molecule has 3 aromatic rings. The molecule has 0 atom stereocenters. The van der Waals surface area contributed by atoms with Gasteiger partial charge >= 0.3 is 0 Å². The summed E-state index contributed by atoms with van der Waals surface area (Å²) in [6.45, 7) is 5.51. The van der Waals surface area contributed by atoms with E-state index in [1.807, 2.05) is 11.8 Å². The summed E-state index contributed by atoms with van der Waals surface area (Å²) in [6, 6.07) is 18.1. The van der Waals surface area contributed by atoms with Gasteiger partial charge in [-0.05, 0) is 49.2 Å². The zero-order chi connectivity index (χ0) is 20.9. The van der Waals surface area contributed by atoms with Gasteiger partial charge in [-0.25, -0.2) is 4.57 Å². The molecular weight excluding hydrogens is 400 g/mol. The first-order chi connectivity index (χ1) is 15.2. The summed E-state index contributed by atoms with van der Waals surface area (Å²) in [6.07, 6.45) is 4.86. The topological polar surface area (TPSA) is 13.6 Å². The zero-order valence-electron chi connectivity index (χ0n) is 18.3. The van der Waals surface area contributed by atoms with Crippen LogP contribution in [0.1, 0.15) is 17.5 Å². The highest BCUT2D eigenvalue weighted by molar-refractivity contribution is 8.03. The van der Waals surface area contributed by atoms with Crippen molar-refractivity contribution in [3.63, 3.8) is 0 Å². The maximum atomic E-state index is 2.55. The standard InChI is InChI=1S/C26H29N4S/c1-27-13-15-29(16-14-27)24-17-20(21-9-3-4-10-22(21)28(24)2)18-25-30-12-6-8-19-7-5-11-23(31-25)26(19)30/h3-5,7,9-11,17-18H,6,8,12-16H2,1-2H3/q+1. The number of aromatic nitrogens is 1. The van der Waals surface area contributed by atoms with E-state index >= 15 is 0 Å². The number of likely N-dealkylation sites (N-methyl/N-ethyl adjacent to an activating group) is 1. The van der Waals surface area contributed by atoms with E-state index in [9.17, 15) is 0 Å². The van der Waals surface area contributed by atoms with Gasteiger partial charge in [-0.1, -0.05) is 42.1 Å². The molecule has 158 valence electrons. The lowest BCUT2D eigenvalue weighted by Crippen LogP contribution is -2.49. The Balaban J connectivity index is 1.47. The third kappa shape index (κ3) is 3.22. The number of aryl methyl sites for hydroxylation is 2. The second-order valence-corrected chi connectivity index (χ2v) is 9.99. The minimum absolute atomic E-state index is 1.08. The number of para-hydroxylation sites is 2. The first kappa shape index (κ1) is 19.2. The molecule has 0 spiro atoms. The van der Waals surface area contributed by atoms with Crippen LogP contribution >= 0.6 is 11.8 Å². The zero-order valence-corrected chi connectivity index (χ0v) is 19.2. The Kier molecular flexibility index (Phi) is 4.69. The highest BCUT2D eigenvalue weighted by Gasteiger charge is 2.31. The van der Waals surface area contributed by atoms with E-state index in [0.29, 0.717) is 0 Å². The van der Waals surface area contributed by atoms with Gasteiger partial charge in [0.2, 0.25) is 0 Å². The van der Waals surface area contributed by atoms with E-state index < -0.39 is 0 Å². The first-order valence-electron chi connectivity index (χ1n) is 11.3. The number of nitrogens with zero attached hydrogens (tertiary/aromatic N) is 4. The third-order valence-corrected chi connectivity index (χ3v) is 8.07. The van der Waals surface area contributed by atoms with Crippen molar-refractivity contribution in [2.45, 2.75) is 17.7 Å². The molecular formula is C26H29N4S+. The number of hydrogen-bond donors (Lipinski definition) is 0. The van der Waals surface area contributed by atoms with Crippen LogP contribution in [0.2, 0.25) is 0 Å². The van der Waals surface area contributed by atoms with Crippen LogP contribution < -0.4 is 14.4 Å². The van der Waals surface area contributed by atoms with E-state index in [2.05, 4.69) is 88.0 Å². The maximum absolute atomic E-state index is 2.55. The monoisotopic (exact) mass is 429 g/mol. The fourth-order valence-corrected chi connectivity index (χ4v) is 6.42. The molecule has 0 saturated carbocycles. The minimum atomic E-state index is 1.08. The van der Waals surface area contributed by atoms with Gasteiger partial charge in [0, 0.05) is 36.0 Å². The average Bonchev–Trinajstić information content (AvgIpc) is 3.16. The first-order valence-corrected chi connectivity index (χ1v) is 12.1. The van der Waals surface area contributed by atoms with Gasteiger partial charge in [0.15, 0.2) is 0 Å². The predicted molar refractivity (Wildman–Crippen MR) is 131 cm³/mol. The number of rotatable bonds is 2. The van der Waals surface area contributed by atoms with Crippen molar-refractivity contribution in [3.05, 3.63) is 64.7 Å². The van der Waals surface area contributed by atoms with Gasteiger partial charge in [-0.3, -0.25) is 9.80 Å². The van der Waals surface area contributed by atoms with E-state index in [1.54, 1.807) is 0 Å². The number of anilines is 2. The Morgan fingerprint density at radius 1 is 0.968 bits per heavy atom. The highest BCUT2D eigenvalue weighted by Crippen LogP contribution is 2.50. The second-order valence-electron chi connectivity index (χ2n) is 8.93. The molecule has 3 aliphatic rings. The molecule has 4 nitrogen and oxygen atoms in total. The van der Waals surface area contributed by atoms with Gasteiger partial charge in [0.1, 0.15) is 5.52 Å². The van der Waals surface area contributed by atoms with Crippen molar-refractivity contribution in [1.29, 1.82) is 0 Å². The number of pyridine rings is 1. The lowest BCUT2D eigenvalue weighted by atomic mass is 10.0. The molecule has 31 heavy (non-hydrogen) atoms. The minimum Gasteiger partial charge on any atom is -0.335 e. The lowest BCUT2D eigenvalue weighted by Gasteiger charge is -2.29. The summed E-state index contributed by atoms with van der Waals surface area (Å²) in [5, 5.41) is 2.69. The van der Waals surface area contributed by atoms with Crippen molar-refractivity contribution in [1.82, 2.24) is 4.90 Å². The lowest BCUT2D eigenvalue weighted by molar-refractivity contribution is -0.632. The fourth-order valence-electron chi connectivity index (χ4n) is 5.23. The Hall–Kier alpha value is -2.50. The quantitative estimate of drug-likeness (QED) is 0.564. The van der Waals surface area contributed by atoms with Crippen LogP contribution in [0.25, 0.3) is 17.0 Å². The molecule has 3 aliphatic heterocycles. The van der Waals surface area contributed by atoms with Crippen molar-refractivity contribution in [3.8, 4) is 0 Å². The van der Waals surface area contributed by atoms with Crippen LogP contribution in [-0.4, -0.2) is 44.7 Å². The summed E-state index contributed by atoms with van der Waals surface area (Å²) in [5.74, 6) is 1.32. The van der Waals surface area contributed by atoms with Crippen molar-refractivity contribution < 1.29 is 4.57 Å². The van der Waals surface area contributed by atoms with Gasteiger partial charge < -0.3 is 4.90 Å². The van der Waals surface area contributed by atoms with Crippen LogP contribution in [0.5, 0.6) is 0 Å². The molecule has 1 fully saturated rings. The SMILES string of the molecule is CN1CCN(c2cc(C=C3Sc4cccc5c4N3CCC5)c3ccccc3[n+]2C)CC1. The van der Waals surface area contributed by atoms with Crippen LogP contribution in [0.3, 0.4) is 0 Å². The maximum Gasteiger partial charge on any atom is 0.277 e. The number of benzene rings is 2. The summed E-state index contributed by atoms with van der Waals surface area (Å²) in [4.78, 5) is 8.93. The molecule has 0 unspecified atom stereocenters. The number of piperazine rings is 1. The molecule has 6 rings (SSSR count). The Morgan fingerprint density at radius 2 is 1.81 bits per heavy atom. The summed E-state index contributed by atoms with van der Waals surface area (Å²) < 4.78 is 2.37. The molecule has 2 aromatic carbocycles. The molecule has 0 amide bonds. The molecule has 0 radical (unpaired) electrons. The fraction of sp³-hybridized carbons (Fsp3) is 0.346. The van der Waals surface area contributed by atoms with Gasteiger partial charge in [-0.15, -0.1) is 0 Å². The van der Waals surface area contributed by atoms with E-state index in [0.717, 1.165) is 32.7 Å². The summed E-state index contributed by atoms with van der Waals surface area (Å²) in [5.41, 5.74) is 5.58. The molecule has 5 heteroatoms. The smallest absolute Gasteiger partial charge is 0.277 e. The second kappa shape index (κ2) is 7.57. The molecule has 1 saturated heterocycles. The largest absolute Gasteiger partial charge is 0.335 e. The predicted octanol–water partition coefficient (Wildman–Crippen LogP) is 4.27. The Bertz CT molecular complexity index is 1190. The molecule has 1 aromatic heterocycles. The third-order valence-electron chi connectivity index (χ3n) is 6.97. The average molecular weight is 430 g/mol.